The molecule has 0 radical (unpaired) electrons. The number of hydrogen-bond donors (Lipinski definition) is 1. The molecule has 8 nitrogen and oxygen atoms in total. The third-order valence-corrected chi connectivity index (χ3v) is 2.91. The highest BCUT2D eigenvalue weighted by molar-refractivity contribution is 6.06. The lowest BCUT2D eigenvalue weighted by Crippen LogP contribution is -2.15. The molecule has 0 unspecified atom stereocenters. The molecule has 2 rings (SSSR count). The number of benzene rings is 1. The Balaban J connectivity index is 2.30. The molecule has 2 aromatic rings. The predicted octanol–water partition coefficient (Wildman–Crippen LogP) is 2.46. The van der Waals surface area contributed by atoms with Gasteiger partial charge in [-0.3, -0.25) is 19.6 Å². The highest BCUT2D eigenvalue weighted by Crippen LogP contribution is 2.25. The Hall–Kier alpha value is -2.90. The van der Waals surface area contributed by atoms with Crippen LogP contribution >= 0.6 is 0 Å². The number of nitrogens with one attached hydrogen (secondary N) is 1. The highest BCUT2D eigenvalue weighted by Gasteiger charge is 2.25. The second-order valence-electron chi connectivity index (χ2n) is 4.36. The summed E-state index contributed by atoms with van der Waals surface area (Å²) >= 11 is 0. The molecule has 0 aliphatic carbocycles. The number of nitro groups is 1. The lowest BCUT2D eigenvalue weighted by Gasteiger charge is -2.10. The van der Waals surface area contributed by atoms with Gasteiger partial charge in [0.1, 0.15) is 11.9 Å². The largest absolute Gasteiger partial charge is 0.492 e. The zero-order valence-corrected chi connectivity index (χ0v) is 12.3. The summed E-state index contributed by atoms with van der Waals surface area (Å²) in [5, 5.41) is 17.6. The molecule has 0 bridgehead atoms. The Morgan fingerprint density at radius 1 is 1.41 bits per heavy atom. The van der Waals surface area contributed by atoms with E-state index >= 15 is 0 Å². The van der Waals surface area contributed by atoms with Crippen molar-refractivity contribution >= 4 is 17.3 Å². The van der Waals surface area contributed by atoms with Crippen molar-refractivity contribution in [3.8, 4) is 5.75 Å². The van der Waals surface area contributed by atoms with Crippen LogP contribution in [0.2, 0.25) is 0 Å². The summed E-state index contributed by atoms with van der Waals surface area (Å²) < 4.78 is 6.75. The first-order chi connectivity index (χ1) is 10.6. The maximum absolute atomic E-state index is 12.3. The second kappa shape index (κ2) is 6.70. The number of nitrogens with zero attached hydrogens (tertiary/aromatic N) is 3. The Bertz CT molecular complexity index is 696. The normalized spacial score (nSPS) is 10.3. The molecule has 1 N–H and O–H groups in total. The van der Waals surface area contributed by atoms with Gasteiger partial charge in [-0.25, -0.2) is 0 Å². The van der Waals surface area contributed by atoms with Crippen molar-refractivity contribution in [2.75, 3.05) is 11.9 Å². The standard InChI is InChI=1S/C14H16N4O4/c1-3-17-9-11(18(20)21)13(16-17)14(19)15-10-7-5-6-8-12(10)22-4-2/h5-9H,3-4H2,1-2H3,(H,15,19). The van der Waals surface area contributed by atoms with E-state index in [9.17, 15) is 14.9 Å². The van der Waals surface area contributed by atoms with Gasteiger partial charge in [0.2, 0.25) is 5.69 Å². The molecule has 0 aliphatic heterocycles. The fourth-order valence-electron chi connectivity index (χ4n) is 1.90. The first-order valence-electron chi connectivity index (χ1n) is 6.81. The molecule has 1 aromatic heterocycles. The minimum Gasteiger partial charge on any atom is -0.492 e. The van der Waals surface area contributed by atoms with Gasteiger partial charge in [-0.15, -0.1) is 0 Å². The molecule has 0 spiro atoms. The maximum atomic E-state index is 12.3. The van der Waals surface area contributed by atoms with E-state index in [1.807, 2.05) is 6.92 Å². The number of anilines is 1. The fourth-order valence-corrected chi connectivity index (χ4v) is 1.90. The summed E-state index contributed by atoms with van der Waals surface area (Å²) in [7, 11) is 0. The fraction of sp³-hybridized carbons (Fsp3) is 0.286. The lowest BCUT2D eigenvalue weighted by molar-refractivity contribution is -0.385. The Morgan fingerprint density at radius 3 is 2.77 bits per heavy atom. The Morgan fingerprint density at radius 2 is 2.14 bits per heavy atom. The maximum Gasteiger partial charge on any atom is 0.320 e. The van der Waals surface area contributed by atoms with E-state index in [1.165, 1.54) is 10.9 Å². The van der Waals surface area contributed by atoms with Crippen LogP contribution in [-0.2, 0) is 6.54 Å². The van der Waals surface area contributed by atoms with Gasteiger partial charge in [0, 0.05) is 6.54 Å². The topological polar surface area (TPSA) is 99.3 Å². The van der Waals surface area contributed by atoms with E-state index in [4.69, 9.17) is 4.74 Å². The number of amides is 1. The molecular formula is C14H16N4O4. The van der Waals surface area contributed by atoms with Crippen molar-refractivity contribution in [3.63, 3.8) is 0 Å². The van der Waals surface area contributed by atoms with E-state index in [1.54, 1.807) is 31.2 Å². The summed E-state index contributed by atoms with van der Waals surface area (Å²) in [6, 6.07) is 6.87. The molecule has 0 saturated carbocycles. The van der Waals surface area contributed by atoms with Crippen LogP contribution in [0.1, 0.15) is 24.3 Å². The summed E-state index contributed by atoms with van der Waals surface area (Å²) in [6.07, 6.45) is 1.24. The Kier molecular flexibility index (Phi) is 4.72. The molecule has 0 aliphatic rings. The van der Waals surface area contributed by atoms with Crippen LogP contribution in [0.5, 0.6) is 5.75 Å². The van der Waals surface area contributed by atoms with E-state index in [2.05, 4.69) is 10.4 Å². The van der Waals surface area contributed by atoms with Crippen LogP contribution in [0.15, 0.2) is 30.5 Å². The molecule has 0 fully saturated rings. The van der Waals surface area contributed by atoms with Crippen molar-refractivity contribution in [1.29, 1.82) is 0 Å². The van der Waals surface area contributed by atoms with Crippen molar-refractivity contribution in [3.05, 3.63) is 46.3 Å². The zero-order chi connectivity index (χ0) is 16.1. The molecular weight excluding hydrogens is 288 g/mol. The SMILES string of the molecule is CCOc1ccccc1NC(=O)c1nn(CC)cc1[N+](=O)[O-]. The van der Waals surface area contributed by atoms with Gasteiger partial charge >= 0.3 is 5.69 Å². The zero-order valence-electron chi connectivity index (χ0n) is 12.3. The minimum absolute atomic E-state index is 0.224. The van der Waals surface area contributed by atoms with Crippen molar-refractivity contribution < 1.29 is 14.5 Å². The van der Waals surface area contributed by atoms with E-state index in [0.717, 1.165) is 0 Å². The number of hydrogen-bond acceptors (Lipinski definition) is 5. The summed E-state index contributed by atoms with van der Waals surface area (Å²) in [5.74, 6) is -0.151. The van der Waals surface area contributed by atoms with Crippen LogP contribution in [0.25, 0.3) is 0 Å². The molecule has 1 heterocycles. The molecule has 1 aromatic carbocycles. The number of para-hydroxylation sites is 2. The molecule has 8 heteroatoms. The van der Waals surface area contributed by atoms with Gasteiger partial charge in [0.25, 0.3) is 5.91 Å². The number of aryl methyl sites for hydroxylation is 1. The molecule has 1 amide bonds. The predicted molar refractivity (Wildman–Crippen MR) is 80.1 cm³/mol. The monoisotopic (exact) mass is 304 g/mol. The molecule has 0 saturated heterocycles. The Labute approximate surface area is 126 Å². The van der Waals surface area contributed by atoms with E-state index in [-0.39, 0.29) is 11.4 Å². The van der Waals surface area contributed by atoms with Gasteiger partial charge in [-0.1, -0.05) is 12.1 Å². The van der Waals surface area contributed by atoms with Crippen LogP contribution in [0.4, 0.5) is 11.4 Å². The summed E-state index contributed by atoms with van der Waals surface area (Å²) in [6.45, 7) is 4.48. The lowest BCUT2D eigenvalue weighted by atomic mass is 10.2. The number of carbonyl (C=O) groups excluding carboxylic acids is 1. The van der Waals surface area contributed by atoms with Crippen LogP contribution in [-0.4, -0.2) is 27.2 Å². The van der Waals surface area contributed by atoms with Gasteiger partial charge < -0.3 is 10.1 Å². The number of carbonyl (C=O) groups is 1. The van der Waals surface area contributed by atoms with Crippen LogP contribution in [0.3, 0.4) is 0 Å². The van der Waals surface area contributed by atoms with Crippen molar-refractivity contribution in [2.24, 2.45) is 0 Å². The van der Waals surface area contributed by atoms with Crippen LogP contribution in [0, 0.1) is 10.1 Å². The van der Waals surface area contributed by atoms with Gasteiger partial charge in [-0.05, 0) is 26.0 Å². The summed E-state index contributed by atoms with van der Waals surface area (Å²) in [5.41, 5.74) is -0.110. The second-order valence-corrected chi connectivity index (χ2v) is 4.36. The first-order valence-corrected chi connectivity index (χ1v) is 6.81. The van der Waals surface area contributed by atoms with E-state index in [0.29, 0.717) is 24.6 Å². The third-order valence-electron chi connectivity index (χ3n) is 2.91. The minimum atomic E-state index is -0.647. The highest BCUT2D eigenvalue weighted by atomic mass is 16.6. The molecule has 22 heavy (non-hydrogen) atoms. The van der Waals surface area contributed by atoms with Gasteiger partial charge in [0.15, 0.2) is 0 Å². The summed E-state index contributed by atoms with van der Waals surface area (Å²) in [4.78, 5) is 22.7. The van der Waals surface area contributed by atoms with Crippen molar-refractivity contribution in [2.45, 2.75) is 20.4 Å². The third kappa shape index (κ3) is 3.22. The molecule has 116 valence electrons. The quantitative estimate of drug-likeness (QED) is 0.652. The van der Waals surface area contributed by atoms with Gasteiger partial charge in [0.05, 0.1) is 17.2 Å². The first kappa shape index (κ1) is 15.5. The van der Waals surface area contributed by atoms with Crippen LogP contribution < -0.4 is 10.1 Å². The number of rotatable bonds is 6. The van der Waals surface area contributed by atoms with Gasteiger partial charge in [-0.2, -0.15) is 5.10 Å². The van der Waals surface area contributed by atoms with E-state index < -0.39 is 10.8 Å². The molecule has 0 atom stereocenters. The average molecular weight is 304 g/mol. The number of aromatic nitrogens is 2. The smallest absolute Gasteiger partial charge is 0.320 e. The van der Waals surface area contributed by atoms with Crippen molar-refractivity contribution in [1.82, 2.24) is 9.78 Å². The number of ether oxygens (including phenoxy) is 1. The average Bonchev–Trinajstić information content (AvgIpc) is 2.94.